The van der Waals surface area contributed by atoms with E-state index in [9.17, 15) is 9.59 Å². The first-order valence-electron chi connectivity index (χ1n) is 10.2. The molecule has 4 rings (SSSR count). The summed E-state index contributed by atoms with van der Waals surface area (Å²) in [5.74, 6) is -0.575. The normalized spacial score (nSPS) is 9.75. The minimum Gasteiger partial charge on any atom is -0.457 e. The second-order valence-corrected chi connectivity index (χ2v) is 6.86. The molecule has 0 N–H and O–H groups in total. The van der Waals surface area contributed by atoms with Crippen LogP contribution in [0.25, 0.3) is 0 Å². The van der Waals surface area contributed by atoms with Gasteiger partial charge in [-0.1, -0.05) is 97.1 Å². The van der Waals surface area contributed by atoms with Crippen molar-refractivity contribution in [1.82, 2.24) is 0 Å². The second-order valence-electron chi connectivity index (χ2n) is 6.86. The van der Waals surface area contributed by atoms with Crippen molar-refractivity contribution in [3.63, 3.8) is 0 Å². The predicted octanol–water partition coefficient (Wildman–Crippen LogP) is 6.09. The van der Waals surface area contributed by atoms with Gasteiger partial charge < -0.3 is 9.47 Å². The van der Waals surface area contributed by atoms with Crippen LogP contribution < -0.4 is 0 Å². The zero-order chi connectivity index (χ0) is 22.4. The highest BCUT2D eigenvalue weighted by molar-refractivity contribution is 5.89. The Bertz CT molecular complexity index is 988. The van der Waals surface area contributed by atoms with Gasteiger partial charge in [0.2, 0.25) is 0 Å². The van der Waals surface area contributed by atoms with Crippen LogP contribution in [-0.4, -0.2) is 11.9 Å². The monoisotopic (exact) mass is 424 g/mol. The molecule has 32 heavy (non-hydrogen) atoms. The van der Waals surface area contributed by atoms with E-state index in [1.54, 1.807) is 24.3 Å². The summed E-state index contributed by atoms with van der Waals surface area (Å²) >= 11 is 0. The molecule has 0 aliphatic rings. The molecule has 4 nitrogen and oxygen atoms in total. The van der Waals surface area contributed by atoms with Crippen LogP contribution in [0.1, 0.15) is 31.8 Å². The fourth-order valence-electron chi connectivity index (χ4n) is 2.76. The zero-order valence-electron chi connectivity index (χ0n) is 17.6. The minimum atomic E-state index is -0.288. The molecule has 0 atom stereocenters. The van der Waals surface area contributed by atoms with Crippen molar-refractivity contribution < 1.29 is 19.1 Å². The molecule has 160 valence electrons. The smallest absolute Gasteiger partial charge is 0.338 e. The van der Waals surface area contributed by atoms with Gasteiger partial charge in [-0.15, -0.1) is 0 Å². The van der Waals surface area contributed by atoms with Gasteiger partial charge in [-0.25, -0.2) is 9.59 Å². The van der Waals surface area contributed by atoms with Gasteiger partial charge >= 0.3 is 11.9 Å². The number of hydrogen-bond acceptors (Lipinski definition) is 4. The molecular formula is C28H24O4. The molecule has 4 aromatic carbocycles. The van der Waals surface area contributed by atoms with Crippen LogP contribution in [0.2, 0.25) is 0 Å². The summed E-state index contributed by atoms with van der Waals surface area (Å²) < 4.78 is 10.4. The van der Waals surface area contributed by atoms with E-state index in [1.807, 2.05) is 97.1 Å². The Morgan fingerprint density at radius 1 is 0.438 bits per heavy atom. The molecular weight excluding hydrogens is 400 g/mol. The lowest BCUT2D eigenvalue weighted by atomic mass is 10.2. The molecule has 0 heterocycles. The van der Waals surface area contributed by atoms with Crippen LogP contribution >= 0.6 is 0 Å². The lowest BCUT2D eigenvalue weighted by Gasteiger charge is -2.04. The number of benzene rings is 4. The Labute approximate surface area is 188 Å². The number of rotatable bonds is 6. The third-order valence-corrected chi connectivity index (χ3v) is 4.44. The van der Waals surface area contributed by atoms with Crippen LogP contribution in [0.4, 0.5) is 0 Å². The van der Waals surface area contributed by atoms with Crippen molar-refractivity contribution in [3.05, 3.63) is 144 Å². The van der Waals surface area contributed by atoms with Gasteiger partial charge in [0.15, 0.2) is 0 Å². The van der Waals surface area contributed by atoms with Gasteiger partial charge in [0.25, 0.3) is 0 Å². The summed E-state index contributed by atoms with van der Waals surface area (Å²) in [6, 6.07) is 37.3. The predicted molar refractivity (Wildman–Crippen MR) is 124 cm³/mol. The molecule has 0 aromatic heterocycles. The quantitative estimate of drug-likeness (QED) is 0.352. The highest BCUT2D eigenvalue weighted by atomic mass is 16.5. The van der Waals surface area contributed by atoms with Crippen LogP contribution in [0, 0.1) is 0 Å². The van der Waals surface area contributed by atoms with Crippen LogP contribution in [0.15, 0.2) is 121 Å². The van der Waals surface area contributed by atoms with E-state index in [0.717, 1.165) is 11.1 Å². The van der Waals surface area contributed by atoms with E-state index in [0.29, 0.717) is 24.3 Å². The molecule has 0 amide bonds. The lowest BCUT2D eigenvalue weighted by Crippen LogP contribution is -2.04. The average molecular weight is 424 g/mol. The van der Waals surface area contributed by atoms with Gasteiger partial charge in [-0.3, -0.25) is 0 Å². The lowest BCUT2D eigenvalue weighted by molar-refractivity contribution is 0.0464. The zero-order valence-corrected chi connectivity index (χ0v) is 17.6. The molecule has 0 unspecified atom stereocenters. The van der Waals surface area contributed by atoms with Crippen molar-refractivity contribution in [1.29, 1.82) is 0 Å². The molecule has 4 aromatic rings. The first-order chi connectivity index (χ1) is 15.7. The van der Waals surface area contributed by atoms with Gasteiger partial charge in [0, 0.05) is 0 Å². The molecule has 4 heteroatoms. The number of carbonyl (C=O) groups is 2. The maximum absolute atomic E-state index is 11.6. The first-order valence-corrected chi connectivity index (χ1v) is 10.2. The van der Waals surface area contributed by atoms with Crippen LogP contribution in [0.5, 0.6) is 0 Å². The highest BCUT2D eigenvalue weighted by Gasteiger charge is 2.06. The molecule has 0 saturated heterocycles. The van der Waals surface area contributed by atoms with Crippen molar-refractivity contribution >= 4 is 11.9 Å². The topological polar surface area (TPSA) is 52.6 Å². The Morgan fingerprint density at radius 2 is 0.719 bits per heavy atom. The Morgan fingerprint density at radius 3 is 1.03 bits per heavy atom. The summed E-state index contributed by atoms with van der Waals surface area (Å²) in [6.45, 7) is 0.628. The largest absolute Gasteiger partial charge is 0.457 e. The summed E-state index contributed by atoms with van der Waals surface area (Å²) in [7, 11) is 0. The van der Waals surface area contributed by atoms with Crippen molar-refractivity contribution in [2.75, 3.05) is 0 Å². The fourth-order valence-corrected chi connectivity index (χ4v) is 2.76. The molecule has 0 aliphatic heterocycles. The standard InChI is InChI=1S/2C14H12O2/c2*15-14(13-9-5-2-6-10-13)16-11-12-7-3-1-4-8-12/h2*1-10H,11H2. The van der Waals surface area contributed by atoms with Gasteiger partial charge in [-0.05, 0) is 35.4 Å². The summed E-state index contributed by atoms with van der Waals surface area (Å²) in [6.07, 6.45) is 0. The molecule has 0 fully saturated rings. The number of esters is 2. The van der Waals surface area contributed by atoms with Crippen LogP contribution in [-0.2, 0) is 22.7 Å². The molecule has 0 radical (unpaired) electrons. The maximum Gasteiger partial charge on any atom is 0.338 e. The van der Waals surface area contributed by atoms with E-state index < -0.39 is 0 Å². The van der Waals surface area contributed by atoms with E-state index in [1.165, 1.54) is 0 Å². The minimum absolute atomic E-state index is 0.288. The van der Waals surface area contributed by atoms with Gasteiger partial charge in [-0.2, -0.15) is 0 Å². The van der Waals surface area contributed by atoms with Crippen molar-refractivity contribution in [3.8, 4) is 0 Å². The third-order valence-electron chi connectivity index (χ3n) is 4.44. The van der Waals surface area contributed by atoms with Gasteiger partial charge in [0.1, 0.15) is 13.2 Å². The molecule has 0 bridgehead atoms. The van der Waals surface area contributed by atoms with Crippen LogP contribution in [0.3, 0.4) is 0 Å². The third kappa shape index (κ3) is 7.58. The molecule has 0 saturated carbocycles. The summed E-state index contributed by atoms with van der Waals surface area (Å²) in [5, 5.41) is 0. The summed E-state index contributed by atoms with van der Waals surface area (Å²) in [4.78, 5) is 23.2. The summed E-state index contributed by atoms with van der Waals surface area (Å²) in [5.41, 5.74) is 3.15. The highest BCUT2D eigenvalue weighted by Crippen LogP contribution is 2.06. The van der Waals surface area contributed by atoms with Gasteiger partial charge in [0.05, 0.1) is 11.1 Å². The number of ether oxygens (including phenoxy) is 2. The van der Waals surface area contributed by atoms with E-state index in [-0.39, 0.29) is 11.9 Å². The fraction of sp³-hybridized carbons (Fsp3) is 0.0714. The average Bonchev–Trinajstić information content (AvgIpc) is 2.88. The molecule has 0 spiro atoms. The van der Waals surface area contributed by atoms with E-state index >= 15 is 0 Å². The van der Waals surface area contributed by atoms with E-state index in [4.69, 9.17) is 9.47 Å². The Kier molecular flexibility index (Phi) is 8.79. The SMILES string of the molecule is O=C(OCc1ccccc1)c1ccccc1.O=C(OCc1ccccc1)c1ccccc1. The second kappa shape index (κ2) is 12.5. The molecule has 0 aliphatic carbocycles. The number of hydrogen-bond donors (Lipinski definition) is 0. The van der Waals surface area contributed by atoms with Crippen molar-refractivity contribution in [2.24, 2.45) is 0 Å². The Hall–Kier alpha value is -4.18. The van der Waals surface area contributed by atoms with E-state index in [2.05, 4.69) is 0 Å². The number of carbonyl (C=O) groups excluding carboxylic acids is 2. The van der Waals surface area contributed by atoms with Crippen molar-refractivity contribution in [2.45, 2.75) is 13.2 Å². The maximum atomic E-state index is 11.6. The Balaban J connectivity index is 0.000000181. The first kappa shape index (κ1) is 22.5.